The summed E-state index contributed by atoms with van der Waals surface area (Å²) in [7, 11) is 0. The van der Waals surface area contributed by atoms with Crippen LogP contribution in [0.25, 0.3) is 16.9 Å². The van der Waals surface area contributed by atoms with Gasteiger partial charge < -0.3 is 4.90 Å². The van der Waals surface area contributed by atoms with E-state index < -0.39 is 0 Å². The van der Waals surface area contributed by atoms with Gasteiger partial charge >= 0.3 is 0 Å². The Morgan fingerprint density at radius 2 is 1.57 bits per heavy atom. The Labute approximate surface area is 135 Å². The van der Waals surface area contributed by atoms with Crippen molar-refractivity contribution in [3.05, 3.63) is 72.4 Å². The lowest BCUT2D eigenvalue weighted by Crippen LogP contribution is -2.42. The molecule has 0 aliphatic carbocycles. The molecule has 2 aromatic carbocycles. The highest BCUT2D eigenvalue weighted by atomic mass is 16.2. The van der Waals surface area contributed by atoms with E-state index in [0.29, 0.717) is 5.56 Å². The molecule has 1 saturated heterocycles. The van der Waals surface area contributed by atoms with Crippen molar-refractivity contribution in [1.82, 2.24) is 14.7 Å². The molecule has 1 fully saturated rings. The standard InChI is InChI=1S/C19H17N3O/c23-19(21-12-7-13-21)17-14-22(16-10-5-2-6-11-16)20-18(17)15-8-3-1-4-9-15/h1-6,8-11,14H,7,12-13H2. The largest absolute Gasteiger partial charge is 0.338 e. The third-order valence-electron chi connectivity index (χ3n) is 4.16. The minimum absolute atomic E-state index is 0.0669. The second kappa shape index (κ2) is 5.72. The topological polar surface area (TPSA) is 38.1 Å². The van der Waals surface area contributed by atoms with Crippen LogP contribution in [0.2, 0.25) is 0 Å². The Kier molecular flexibility index (Phi) is 3.42. The predicted molar refractivity (Wildman–Crippen MR) is 89.5 cm³/mol. The average molecular weight is 303 g/mol. The van der Waals surface area contributed by atoms with Gasteiger partial charge in [0.2, 0.25) is 0 Å². The molecule has 4 heteroatoms. The summed E-state index contributed by atoms with van der Waals surface area (Å²) < 4.78 is 1.79. The van der Waals surface area contributed by atoms with Crippen LogP contribution in [-0.2, 0) is 0 Å². The van der Waals surface area contributed by atoms with Crippen molar-refractivity contribution < 1.29 is 4.79 Å². The van der Waals surface area contributed by atoms with Crippen molar-refractivity contribution in [1.29, 1.82) is 0 Å². The maximum atomic E-state index is 12.7. The molecule has 1 amide bonds. The minimum atomic E-state index is 0.0669. The van der Waals surface area contributed by atoms with E-state index in [1.165, 1.54) is 0 Å². The normalized spacial score (nSPS) is 13.7. The molecule has 114 valence electrons. The highest BCUT2D eigenvalue weighted by Crippen LogP contribution is 2.26. The van der Waals surface area contributed by atoms with Gasteiger partial charge in [0.1, 0.15) is 5.69 Å². The molecule has 0 bridgehead atoms. The van der Waals surface area contributed by atoms with Crippen LogP contribution in [0.3, 0.4) is 0 Å². The van der Waals surface area contributed by atoms with Crippen LogP contribution < -0.4 is 0 Å². The van der Waals surface area contributed by atoms with E-state index in [1.807, 2.05) is 71.8 Å². The number of hydrogen-bond donors (Lipinski definition) is 0. The molecule has 1 aromatic heterocycles. The summed E-state index contributed by atoms with van der Waals surface area (Å²) in [6, 6.07) is 19.8. The molecule has 3 aromatic rings. The van der Waals surface area contributed by atoms with Gasteiger partial charge in [0.15, 0.2) is 0 Å². The van der Waals surface area contributed by atoms with Crippen LogP contribution >= 0.6 is 0 Å². The Balaban J connectivity index is 1.82. The monoisotopic (exact) mass is 303 g/mol. The van der Waals surface area contributed by atoms with Crippen LogP contribution in [0.15, 0.2) is 66.9 Å². The van der Waals surface area contributed by atoms with Gasteiger partial charge in [0.25, 0.3) is 5.91 Å². The van der Waals surface area contributed by atoms with Crippen molar-refractivity contribution in [3.8, 4) is 16.9 Å². The van der Waals surface area contributed by atoms with Crippen molar-refractivity contribution in [2.75, 3.05) is 13.1 Å². The summed E-state index contributed by atoms with van der Waals surface area (Å²) in [6.45, 7) is 1.67. The van der Waals surface area contributed by atoms with E-state index in [9.17, 15) is 4.79 Å². The molecule has 0 unspecified atom stereocenters. The quantitative estimate of drug-likeness (QED) is 0.744. The van der Waals surface area contributed by atoms with Crippen molar-refractivity contribution >= 4 is 5.91 Å². The molecule has 2 heterocycles. The molecule has 0 radical (unpaired) electrons. The molecule has 23 heavy (non-hydrogen) atoms. The summed E-state index contributed by atoms with van der Waals surface area (Å²) in [6.07, 6.45) is 2.93. The number of para-hydroxylation sites is 1. The van der Waals surface area contributed by atoms with Crippen LogP contribution in [-0.4, -0.2) is 33.7 Å². The minimum Gasteiger partial charge on any atom is -0.338 e. The first kappa shape index (κ1) is 13.8. The van der Waals surface area contributed by atoms with E-state index in [0.717, 1.165) is 36.5 Å². The van der Waals surface area contributed by atoms with E-state index in [4.69, 9.17) is 0 Å². The smallest absolute Gasteiger partial charge is 0.257 e. The van der Waals surface area contributed by atoms with Gasteiger partial charge in [0.05, 0.1) is 11.3 Å². The lowest BCUT2D eigenvalue weighted by Gasteiger charge is -2.30. The number of carbonyl (C=O) groups excluding carboxylic acids is 1. The third kappa shape index (κ3) is 2.52. The average Bonchev–Trinajstić information content (AvgIpc) is 3.00. The van der Waals surface area contributed by atoms with E-state index in [2.05, 4.69) is 5.10 Å². The van der Waals surface area contributed by atoms with Crippen molar-refractivity contribution in [2.24, 2.45) is 0 Å². The van der Waals surface area contributed by atoms with Gasteiger partial charge in [-0.3, -0.25) is 4.79 Å². The number of aromatic nitrogens is 2. The Bertz CT molecular complexity index is 820. The maximum absolute atomic E-state index is 12.7. The van der Waals surface area contributed by atoms with E-state index in [-0.39, 0.29) is 5.91 Å². The first-order chi connectivity index (χ1) is 11.3. The number of benzene rings is 2. The molecular weight excluding hydrogens is 286 g/mol. The fourth-order valence-corrected chi connectivity index (χ4v) is 2.74. The second-order valence-electron chi connectivity index (χ2n) is 5.68. The number of amides is 1. The number of carbonyl (C=O) groups is 1. The SMILES string of the molecule is O=C(c1cn(-c2ccccc2)nc1-c1ccccc1)N1CCC1. The van der Waals surface area contributed by atoms with Gasteiger partial charge in [-0.15, -0.1) is 0 Å². The summed E-state index contributed by atoms with van der Waals surface area (Å²) in [5.74, 6) is 0.0669. The first-order valence-corrected chi connectivity index (χ1v) is 7.83. The summed E-state index contributed by atoms with van der Waals surface area (Å²) in [5, 5.41) is 4.68. The Hall–Kier alpha value is -2.88. The lowest BCUT2D eigenvalue weighted by molar-refractivity contribution is 0.0652. The number of nitrogens with zero attached hydrogens (tertiary/aromatic N) is 3. The third-order valence-corrected chi connectivity index (χ3v) is 4.16. The molecule has 0 atom stereocenters. The molecule has 1 aliphatic rings. The molecule has 0 N–H and O–H groups in total. The fraction of sp³-hybridized carbons (Fsp3) is 0.158. The van der Waals surface area contributed by atoms with Crippen molar-refractivity contribution in [3.63, 3.8) is 0 Å². The lowest BCUT2D eigenvalue weighted by atomic mass is 10.1. The zero-order chi connectivity index (χ0) is 15.6. The number of hydrogen-bond acceptors (Lipinski definition) is 2. The van der Waals surface area contributed by atoms with E-state index >= 15 is 0 Å². The number of likely N-dealkylation sites (tertiary alicyclic amines) is 1. The van der Waals surface area contributed by atoms with Crippen LogP contribution in [0.5, 0.6) is 0 Å². The van der Waals surface area contributed by atoms with Crippen LogP contribution in [0.4, 0.5) is 0 Å². The fourth-order valence-electron chi connectivity index (χ4n) is 2.74. The maximum Gasteiger partial charge on any atom is 0.257 e. The van der Waals surface area contributed by atoms with E-state index in [1.54, 1.807) is 4.68 Å². The van der Waals surface area contributed by atoms with Gasteiger partial charge in [-0.2, -0.15) is 5.10 Å². The zero-order valence-electron chi connectivity index (χ0n) is 12.7. The van der Waals surface area contributed by atoms with Crippen LogP contribution in [0.1, 0.15) is 16.8 Å². The predicted octanol–water partition coefficient (Wildman–Crippen LogP) is 3.39. The molecule has 4 rings (SSSR count). The molecule has 4 nitrogen and oxygen atoms in total. The molecule has 0 spiro atoms. The summed E-state index contributed by atoms with van der Waals surface area (Å²) >= 11 is 0. The summed E-state index contributed by atoms with van der Waals surface area (Å²) in [5.41, 5.74) is 3.32. The van der Waals surface area contributed by atoms with Gasteiger partial charge in [-0.25, -0.2) is 4.68 Å². The van der Waals surface area contributed by atoms with Gasteiger partial charge in [-0.1, -0.05) is 48.5 Å². The Morgan fingerprint density at radius 1 is 0.913 bits per heavy atom. The first-order valence-electron chi connectivity index (χ1n) is 7.83. The molecular formula is C19H17N3O. The zero-order valence-corrected chi connectivity index (χ0v) is 12.7. The highest BCUT2D eigenvalue weighted by molar-refractivity contribution is 6.00. The number of rotatable bonds is 3. The highest BCUT2D eigenvalue weighted by Gasteiger charge is 2.26. The summed E-state index contributed by atoms with van der Waals surface area (Å²) in [4.78, 5) is 14.6. The van der Waals surface area contributed by atoms with Gasteiger partial charge in [0, 0.05) is 24.8 Å². The van der Waals surface area contributed by atoms with Crippen LogP contribution in [0, 0.1) is 0 Å². The molecule has 0 saturated carbocycles. The van der Waals surface area contributed by atoms with Gasteiger partial charge in [-0.05, 0) is 18.6 Å². The molecule has 1 aliphatic heterocycles. The Morgan fingerprint density at radius 3 is 2.17 bits per heavy atom. The van der Waals surface area contributed by atoms with Crippen molar-refractivity contribution in [2.45, 2.75) is 6.42 Å². The second-order valence-corrected chi connectivity index (χ2v) is 5.68.